The second-order valence-electron chi connectivity index (χ2n) is 2.85. The van der Waals surface area contributed by atoms with E-state index in [9.17, 15) is 4.79 Å². The minimum Gasteiger partial charge on any atom is -0.313 e. The Kier molecular flexibility index (Phi) is 1.40. The lowest BCUT2D eigenvalue weighted by Gasteiger charge is -1.93. The molecule has 3 rings (SSSR count). The number of H-pyrrole nitrogens is 1. The number of nitrogens with zero attached hydrogens (tertiary/aromatic N) is 3. The van der Waals surface area contributed by atoms with E-state index in [4.69, 9.17) is 0 Å². The molecule has 68 valence electrons. The molecule has 0 aliphatic rings. The average Bonchev–Trinajstić information content (AvgIpc) is 2.62. The maximum Gasteiger partial charge on any atom is 0.258 e. The first-order chi connectivity index (χ1) is 6.84. The Labute approximate surface area is 81.8 Å². The third kappa shape index (κ3) is 0.942. The van der Waals surface area contributed by atoms with Crippen LogP contribution < -0.4 is 5.56 Å². The normalized spacial score (nSPS) is 11.1. The molecule has 0 saturated heterocycles. The Hall–Kier alpha value is -1.82. The molecule has 14 heavy (non-hydrogen) atoms. The van der Waals surface area contributed by atoms with Gasteiger partial charge in [0.1, 0.15) is 11.0 Å². The van der Waals surface area contributed by atoms with Gasteiger partial charge in [-0.2, -0.15) is 8.75 Å². The van der Waals surface area contributed by atoms with E-state index in [1.165, 1.54) is 6.33 Å². The SMILES string of the molecule is O=c1[nH]cnc2cc3nsnc3cc12. The van der Waals surface area contributed by atoms with Gasteiger partial charge >= 0.3 is 0 Å². The van der Waals surface area contributed by atoms with Gasteiger partial charge in [-0.05, 0) is 12.1 Å². The van der Waals surface area contributed by atoms with E-state index in [0.29, 0.717) is 10.9 Å². The summed E-state index contributed by atoms with van der Waals surface area (Å²) in [6, 6.07) is 3.48. The number of nitrogens with one attached hydrogen (secondary N) is 1. The highest BCUT2D eigenvalue weighted by Gasteiger charge is 2.04. The fourth-order valence-corrected chi connectivity index (χ4v) is 1.86. The molecule has 0 bridgehead atoms. The van der Waals surface area contributed by atoms with Crippen LogP contribution in [0.25, 0.3) is 21.9 Å². The molecule has 0 aliphatic heterocycles. The molecule has 0 atom stereocenters. The highest BCUT2D eigenvalue weighted by Crippen LogP contribution is 2.16. The van der Waals surface area contributed by atoms with Crippen LogP contribution >= 0.6 is 11.7 Å². The van der Waals surface area contributed by atoms with E-state index in [1.54, 1.807) is 12.1 Å². The second-order valence-corrected chi connectivity index (χ2v) is 3.38. The molecule has 0 aliphatic carbocycles. The van der Waals surface area contributed by atoms with Gasteiger partial charge in [-0.1, -0.05) is 0 Å². The van der Waals surface area contributed by atoms with Crippen LogP contribution in [0.15, 0.2) is 23.3 Å². The van der Waals surface area contributed by atoms with Crippen LogP contribution in [0.4, 0.5) is 0 Å². The smallest absolute Gasteiger partial charge is 0.258 e. The van der Waals surface area contributed by atoms with Crippen molar-refractivity contribution in [1.82, 2.24) is 18.7 Å². The van der Waals surface area contributed by atoms with Gasteiger partial charge in [0.05, 0.1) is 29.0 Å². The molecule has 0 amide bonds. The van der Waals surface area contributed by atoms with Crippen LogP contribution in [0.1, 0.15) is 0 Å². The van der Waals surface area contributed by atoms with Gasteiger partial charge in [0.2, 0.25) is 0 Å². The molecule has 1 N–H and O–H groups in total. The zero-order chi connectivity index (χ0) is 9.54. The number of aromatic nitrogens is 4. The van der Waals surface area contributed by atoms with Gasteiger partial charge in [0, 0.05) is 0 Å². The first-order valence-corrected chi connectivity index (χ1v) is 4.67. The second kappa shape index (κ2) is 2.58. The van der Waals surface area contributed by atoms with Crippen LogP contribution in [0, 0.1) is 0 Å². The molecule has 0 spiro atoms. The van der Waals surface area contributed by atoms with E-state index < -0.39 is 0 Å². The third-order valence-electron chi connectivity index (χ3n) is 2.02. The molecule has 0 fully saturated rings. The Morgan fingerprint density at radius 1 is 1.14 bits per heavy atom. The van der Waals surface area contributed by atoms with Gasteiger partial charge in [-0.25, -0.2) is 4.98 Å². The van der Waals surface area contributed by atoms with Gasteiger partial charge in [0.15, 0.2) is 0 Å². The van der Waals surface area contributed by atoms with Gasteiger partial charge in [-0.15, -0.1) is 0 Å². The van der Waals surface area contributed by atoms with Crippen LogP contribution in [0.3, 0.4) is 0 Å². The zero-order valence-corrected chi connectivity index (χ0v) is 7.71. The topological polar surface area (TPSA) is 71.5 Å². The summed E-state index contributed by atoms with van der Waals surface area (Å²) in [7, 11) is 0. The zero-order valence-electron chi connectivity index (χ0n) is 6.89. The molecule has 5 nitrogen and oxygen atoms in total. The summed E-state index contributed by atoms with van der Waals surface area (Å²) < 4.78 is 8.14. The van der Waals surface area contributed by atoms with E-state index >= 15 is 0 Å². The number of hydrogen-bond donors (Lipinski definition) is 1. The Bertz CT molecular complexity index is 671. The molecule has 0 saturated carbocycles. The maximum atomic E-state index is 11.4. The monoisotopic (exact) mass is 204 g/mol. The van der Waals surface area contributed by atoms with Gasteiger partial charge in [-0.3, -0.25) is 4.79 Å². The molecule has 0 unspecified atom stereocenters. The molecule has 1 aromatic carbocycles. The summed E-state index contributed by atoms with van der Waals surface area (Å²) in [5, 5.41) is 0.549. The summed E-state index contributed by atoms with van der Waals surface area (Å²) >= 11 is 1.13. The molecule has 3 aromatic rings. The van der Waals surface area contributed by atoms with E-state index in [1.807, 2.05) is 0 Å². The average molecular weight is 204 g/mol. The standard InChI is InChI=1S/C8H4N4OS/c13-8-4-1-6-7(12-14-11-6)2-5(4)9-3-10-8/h1-3H,(H,9,10,13). The van der Waals surface area contributed by atoms with E-state index in [0.717, 1.165) is 22.8 Å². The number of rotatable bonds is 0. The minimum atomic E-state index is -0.148. The Balaban J connectivity index is 2.63. The quantitative estimate of drug-likeness (QED) is 0.591. The minimum absolute atomic E-state index is 0.148. The molecule has 2 aromatic heterocycles. The predicted molar refractivity (Wildman–Crippen MR) is 53.3 cm³/mol. The van der Waals surface area contributed by atoms with Crippen molar-refractivity contribution in [3.8, 4) is 0 Å². The fourth-order valence-electron chi connectivity index (χ4n) is 1.35. The van der Waals surface area contributed by atoms with E-state index in [2.05, 4.69) is 18.7 Å². The van der Waals surface area contributed by atoms with E-state index in [-0.39, 0.29) is 5.56 Å². The summed E-state index contributed by atoms with van der Waals surface area (Å²) in [4.78, 5) is 18.0. The van der Waals surface area contributed by atoms with Crippen molar-refractivity contribution < 1.29 is 0 Å². The maximum absolute atomic E-state index is 11.4. The lowest BCUT2D eigenvalue weighted by Crippen LogP contribution is -2.05. The third-order valence-corrected chi connectivity index (χ3v) is 2.57. The molecular formula is C8H4N4OS. The highest BCUT2D eigenvalue weighted by atomic mass is 32.1. The number of fused-ring (bicyclic) bond motifs is 2. The van der Waals surface area contributed by atoms with Crippen LogP contribution in [-0.4, -0.2) is 18.7 Å². The Morgan fingerprint density at radius 2 is 1.93 bits per heavy atom. The van der Waals surface area contributed by atoms with Gasteiger partial charge in [0.25, 0.3) is 5.56 Å². The number of aromatic amines is 1. The van der Waals surface area contributed by atoms with Crippen molar-refractivity contribution in [1.29, 1.82) is 0 Å². The summed E-state index contributed by atoms with van der Waals surface area (Å²) in [6.07, 6.45) is 1.39. The lowest BCUT2D eigenvalue weighted by molar-refractivity contribution is 1.17. The number of hydrogen-bond acceptors (Lipinski definition) is 5. The number of benzene rings is 1. The lowest BCUT2D eigenvalue weighted by atomic mass is 10.2. The van der Waals surface area contributed by atoms with Crippen molar-refractivity contribution in [3.05, 3.63) is 28.8 Å². The largest absolute Gasteiger partial charge is 0.313 e. The van der Waals surface area contributed by atoms with Crippen molar-refractivity contribution in [2.24, 2.45) is 0 Å². The van der Waals surface area contributed by atoms with Crippen molar-refractivity contribution in [2.75, 3.05) is 0 Å². The molecular weight excluding hydrogens is 200 g/mol. The molecule has 0 radical (unpaired) electrons. The molecule has 2 heterocycles. The summed E-state index contributed by atoms with van der Waals surface area (Å²) in [6.45, 7) is 0. The summed E-state index contributed by atoms with van der Waals surface area (Å²) in [5.74, 6) is 0. The van der Waals surface area contributed by atoms with Crippen LogP contribution in [0.5, 0.6) is 0 Å². The first kappa shape index (κ1) is 7.57. The van der Waals surface area contributed by atoms with Crippen molar-refractivity contribution >= 4 is 33.7 Å². The highest BCUT2D eigenvalue weighted by molar-refractivity contribution is 7.00. The molecule has 6 heteroatoms. The Morgan fingerprint density at radius 3 is 2.79 bits per heavy atom. The first-order valence-electron chi connectivity index (χ1n) is 3.94. The van der Waals surface area contributed by atoms with Crippen molar-refractivity contribution in [2.45, 2.75) is 0 Å². The predicted octanol–water partition coefficient (Wildman–Crippen LogP) is 0.928. The van der Waals surface area contributed by atoms with Crippen LogP contribution in [-0.2, 0) is 0 Å². The summed E-state index contributed by atoms with van der Waals surface area (Å²) in [5.41, 5.74) is 2.01. The fraction of sp³-hybridized carbons (Fsp3) is 0. The van der Waals surface area contributed by atoms with Crippen LogP contribution in [0.2, 0.25) is 0 Å². The van der Waals surface area contributed by atoms with Gasteiger partial charge < -0.3 is 4.98 Å². The van der Waals surface area contributed by atoms with Crippen molar-refractivity contribution in [3.63, 3.8) is 0 Å².